The summed E-state index contributed by atoms with van der Waals surface area (Å²) in [6.45, 7) is 0.528. The van der Waals surface area contributed by atoms with Crippen LogP contribution in [0.25, 0.3) is 11.3 Å². The van der Waals surface area contributed by atoms with Crippen molar-refractivity contribution in [3.63, 3.8) is 0 Å². The van der Waals surface area contributed by atoms with Crippen LogP contribution in [-0.4, -0.2) is 9.78 Å². The maximum Gasteiger partial charge on any atom is 0.129 e. The van der Waals surface area contributed by atoms with Crippen molar-refractivity contribution in [1.82, 2.24) is 9.78 Å². The van der Waals surface area contributed by atoms with Crippen LogP contribution in [0.5, 0.6) is 5.75 Å². The molecule has 106 valence electrons. The Balaban J connectivity index is 1.86. The summed E-state index contributed by atoms with van der Waals surface area (Å²) in [5.74, 6) is 1.43. The molecule has 0 fully saturated rings. The lowest BCUT2D eigenvalue weighted by Crippen LogP contribution is -1.98. The Morgan fingerprint density at radius 2 is 1.76 bits per heavy atom. The Morgan fingerprint density at radius 1 is 1.05 bits per heavy atom. The van der Waals surface area contributed by atoms with Gasteiger partial charge in [-0.05, 0) is 17.7 Å². The molecule has 3 rings (SSSR count). The van der Waals surface area contributed by atoms with Crippen LogP contribution in [0.2, 0.25) is 0 Å². The lowest BCUT2D eigenvalue weighted by molar-refractivity contribution is 0.307. The third-order valence-corrected chi connectivity index (χ3v) is 3.32. The number of hydrogen-bond acceptors (Lipinski definition) is 3. The average molecular weight is 279 g/mol. The molecule has 0 bridgehead atoms. The molecule has 0 saturated carbocycles. The van der Waals surface area contributed by atoms with Gasteiger partial charge in [0.1, 0.15) is 18.2 Å². The van der Waals surface area contributed by atoms with Crippen molar-refractivity contribution in [3.8, 4) is 17.0 Å². The van der Waals surface area contributed by atoms with Gasteiger partial charge in [0, 0.05) is 18.7 Å². The number of rotatable bonds is 4. The van der Waals surface area contributed by atoms with E-state index in [0.29, 0.717) is 12.4 Å². The second kappa shape index (κ2) is 5.71. The van der Waals surface area contributed by atoms with E-state index in [4.69, 9.17) is 10.5 Å². The van der Waals surface area contributed by atoms with Crippen LogP contribution >= 0.6 is 0 Å². The van der Waals surface area contributed by atoms with E-state index in [1.165, 1.54) is 0 Å². The standard InChI is InChI=1S/C17H17N3O/c1-20-17(18)11-15(19-20)14-9-5-6-10-16(14)21-12-13-7-3-2-4-8-13/h2-11H,12,18H2,1H3. The second-order valence-corrected chi connectivity index (χ2v) is 4.85. The summed E-state index contributed by atoms with van der Waals surface area (Å²) in [6, 6.07) is 19.8. The number of para-hydroxylation sites is 1. The molecule has 0 radical (unpaired) electrons. The summed E-state index contributed by atoms with van der Waals surface area (Å²) in [7, 11) is 1.83. The van der Waals surface area contributed by atoms with Crippen LogP contribution in [0.4, 0.5) is 5.82 Å². The van der Waals surface area contributed by atoms with E-state index in [2.05, 4.69) is 5.10 Å². The predicted molar refractivity (Wildman–Crippen MR) is 83.8 cm³/mol. The summed E-state index contributed by atoms with van der Waals surface area (Å²) in [4.78, 5) is 0. The Morgan fingerprint density at radius 3 is 2.48 bits per heavy atom. The Bertz CT molecular complexity index is 715. The first kappa shape index (κ1) is 13.2. The molecule has 0 saturated heterocycles. The molecular weight excluding hydrogens is 262 g/mol. The number of hydrogen-bond donors (Lipinski definition) is 1. The van der Waals surface area contributed by atoms with Gasteiger partial charge in [-0.25, -0.2) is 0 Å². The molecule has 2 N–H and O–H groups in total. The van der Waals surface area contributed by atoms with Gasteiger partial charge in [0.25, 0.3) is 0 Å². The number of nitrogen functional groups attached to an aromatic ring is 1. The number of benzene rings is 2. The van der Waals surface area contributed by atoms with Crippen LogP contribution in [0.15, 0.2) is 60.7 Å². The number of anilines is 1. The Kier molecular flexibility index (Phi) is 3.60. The molecule has 3 aromatic rings. The van der Waals surface area contributed by atoms with Crippen LogP contribution < -0.4 is 10.5 Å². The van der Waals surface area contributed by atoms with Crippen molar-refractivity contribution >= 4 is 5.82 Å². The van der Waals surface area contributed by atoms with E-state index in [9.17, 15) is 0 Å². The molecule has 0 unspecified atom stereocenters. The van der Waals surface area contributed by atoms with Crippen LogP contribution in [0, 0.1) is 0 Å². The molecule has 1 aromatic heterocycles. The van der Waals surface area contributed by atoms with Gasteiger partial charge < -0.3 is 10.5 Å². The fraction of sp³-hybridized carbons (Fsp3) is 0.118. The van der Waals surface area contributed by atoms with E-state index < -0.39 is 0 Å². The molecular formula is C17H17N3O. The molecule has 0 spiro atoms. The van der Waals surface area contributed by atoms with Crippen molar-refractivity contribution in [3.05, 3.63) is 66.2 Å². The first-order valence-corrected chi connectivity index (χ1v) is 6.79. The second-order valence-electron chi connectivity index (χ2n) is 4.85. The predicted octanol–water partition coefficient (Wildman–Crippen LogP) is 3.25. The van der Waals surface area contributed by atoms with E-state index >= 15 is 0 Å². The summed E-state index contributed by atoms with van der Waals surface area (Å²) in [5.41, 5.74) is 8.75. The number of aryl methyl sites for hydroxylation is 1. The molecule has 0 amide bonds. The summed E-state index contributed by atoms with van der Waals surface area (Å²) >= 11 is 0. The maximum absolute atomic E-state index is 5.94. The van der Waals surface area contributed by atoms with Crippen molar-refractivity contribution < 1.29 is 4.74 Å². The highest BCUT2D eigenvalue weighted by Gasteiger charge is 2.10. The highest BCUT2D eigenvalue weighted by atomic mass is 16.5. The largest absolute Gasteiger partial charge is 0.488 e. The van der Waals surface area contributed by atoms with Gasteiger partial charge in [0.2, 0.25) is 0 Å². The maximum atomic E-state index is 5.94. The van der Waals surface area contributed by atoms with Gasteiger partial charge in [-0.1, -0.05) is 42.5 Å². The SMILES string of the molecule is Cn1nc(-c2ccccc2OCc2ccccc2)cc1N. The summed E-state index contributed by atoms with van der Waals surface area (Å²) in [6.07, 6.45) is 0. The number of aromatic nitrogens is 2. The zero-order valence-corrected chi connectivity index (χ0v) is 11.9. The topological polar surface area (TPSA) is 53.1 Å². The van der Waals surface area contributed by atoms with Crippen LogP contribution in [0.1, 0.15) is 5.56 Å². The minimum atomic E-state index is 0.528. The van der Waals surface area contributed by atoms with Crippen molar-refractivity contribution in [1.29, 1.82) is 0 Å². The van der Waals surface area contributed by atoms with Gasteiger partial charge in [0.05, 0.1) is 5.69 Å². The van der Waals surface area contributed by atoms with E-state index in [-0.39, 0.29) is 0 Å². The van der Waals surface area contributed by atoms with Gasteiger partial charge in [-0.2, -0.15) is 5.10 Å². The highest BCUT2D eigenvalue weighted by molar-refractivity contribution is 5.69. The third-order valence-electron chi connectivity index (χ3n) is 3.32. The molecule has 0 aliphatic rings. The lowest BCUT2D eigenvalue weighted by atomic mass is 10.1. The molecule has 1 heterocycles. The molecule has 2 aromatic carbocycles. The van der Waals surface area contributed by atoms with Crippen molar-refractivity contribution in [2.24, 2.45) is 7.05 Å². The third kappa shape index (κ3) is 2.89. The molecule has 0 aliphatic heterocycles. The molecule has 4 heteroatoms. The molecule has 21 heavy (non-hydrogen) atoms. The van der Waals surface area contributed by atoms with Crippen LogP contribution in [-0.2, 0) is 13.7 Å². The summed E-state index contributed by atoms with van der Waals surface area (Å²) in [5, 5.41) is 4.41. The first-order valence-electron chi connectivity index (χ1n) is 6.79. The highest BCUT2D eigenvalue weighted by Crippen LogP contribution is 2.30. The minimum Gasteiger partial charge on any atom is -0.488 e. The van der Waals surface area contributed by atoms with Gasteiger partial charge >= 0.3 is 0 Å². The fourth-order valence-corrected chi connectivity index (χ4v) is 2.15. The fourth-order valence-electron chi connectivity index (χ4n) is 2.15. The van der Waals surface area contributed by atoms with E-state index in [0.717, 1.165) is 22.6 Å². The Labute approximate surface area is 123 Å². The first-order chi connectivity index (χ1) is 10.2. The molecule has 0 atom stereocenters. The smallest absolute Gasteiger partial charge is 0.129 e. The zero-order valence-electron chi connectivity index (χ0n) is 11.9. The number of nitrogens with two attached hydrogens (primary N) is 1. The zero-order chi connectivity index (χ0) is 14.7. The average Bonchev–Trinajstić information content (AvgIpc) is 2.86. The quantitative estimate of drug-likeness (QED) is 0.797. The van der Waals surface area contributed by atoms with Crippen LogP contribution in [0.3, 0.4) is 0 Å². The lowest BCUT2D eigenvalue weighted by Gasteiger charge is -2.10. The normalized spacial score (nSPS) is 10.5. The van der Waals surface area contributed by atoms with Crippen molar-refractivity contribution in [2.45, 2.75) is 6.61 Å². The van der Waals surface area contributed by atoms with Crippen molar-refractivity contribution in [2.75, 3.05) is 5.73 Å². The van der Waals surface area contributed by atoms with E-state index in [1.54, 1.807) is 4.68 Å². The van der Waals surface area contributed by atoms with Gasteiger partial charge in [-0.15, -0.1) is 0 Å². The van der Waals surface area contributed by atoms with Gasteiger partial charge in [-0.3, -0.25) is 4.68 Å². The number of ether oxygens (including phenoxy) is 1. The van der Waals surface area contributed by atoms with Gasteiger partial charge in [0.15, 0.2) is 0 Å². The minimum absolute atomic E-state index is 0.528. The monoisotopic (exact) mass is 279 g/mol. The van der Waals surface area contributed by atoms with E-state index in [1.807, 2.05) is 67.7 Å². The molecule has 4 nitrogen and oxygen atoms in total. The Hall–Kier alpha value is -2.75. The number of nitrogens with zero attached hydrogens (tertiary/aromatic N) is 2. The summed E-state index contributed by atoms with van der Waals surface area (Å²) < 4.78 is 7.59. The molecule has 0 aliphatic carbocycles.